The number of anilines is 1. The maximum Gasteiger partial charge on any atom is 0.319 e. The molecule has 3 N–H and O–H groups in total. The minimum absolute atomic E-state index is 0.0331. The van der Waals surface area contributed by atoms with Gasteiger partial charge in [-0.15, -0.1) is 0 Å². The van der Waals surface area contributed by atoms with Gasteiger partial charge in [0, 0.05) is 18.3 Å². The van der Waals surface area contributed by atoms with Gasteiger partial charge in [-0.2, -0.15) is 0 Å². The van der Waals surface area contributed by atoms with Crippen molar-refractivity contribution in [3.05, 3.63) is 24.3 Å². The van der Waals surface area contributed by atoms with Gasteiger partial charge in [-0.25, -0.2) is 4.79 Å². The summed E-state index contributed by atoms with van der Waals surface area (Å²) in [7, 11) is 0. The molecule has 0 fully saturated rings. The summed E-state index contributed by atoms with van der Waals surface area (Å²) >= 11 is 0. The van der Waals surface area contributed by atoms with E-state index in [-0.39, 0.29) is 24.8 Å². The number of benzene rings is 1. The van der Waals surface area contributed by atoms with E-state index >= 15 is 0 Å². The molecule has 1 atom stereocenters. The zero-order valence-corrected chi connectivity index (χ0v) is 12.3. The van der Waals surface area contributed by atoms with Crippen LogP contribution in [0.15, 0.2) is 24.3 Å². The monoisotopic (exact) mass is 280 g/mol. The smallest absolute Gasteiger partial charge is 0.319 e. The molecule has 1 rings (SSSR count). The molecule has 0 aliphatic heterocycles. The average Bonchev–Trinajstić information content (AvgIpc) is 2.38. The molecule has 1 aromatic carbocycles. The highest BCUT2D eigenvalue weighted by molar-refractivity contribution is 5.89. The molecule has 5 nitrogen and oxygen atoms in total. The fraction of sp³-hybridized carbons (Fsp3) is 0.533. The van der Waals surface area contributed by atoms with Crippen molar-refractivity contribution in [1.29, 1.82) is 0 Å². The maximum absolute atomic E-state index is 11.7. The van der Waals surface area contributed by atoms with Crippen LogP contribution in [0.4, 0.5) is 10.5 Å². The molecule has 0 spiro atoms. The third-order valence-electron chi connectivity index (χ3n) is 2.66. The molecular formula is C15H24N2O3. The highest BCUT2D eigenvalue weighted by Gasteiger charge is 2.07. The van der Waals surface area contributed by atoms with Crippen LogP contribution in [0.3, 0.4) is 0 Å². The van der Waals surface area contributed by atoms with Crippen LogP contribution >= 0.6 is 0 Å². The van der Waals surface area contributed by atoms with Gasteiger partial charge in [-0.3, -0.25) is 0 Å². The molecule has 0 saturated heterocycles. The molecule has 112 valence electrons. The second kappa shape index (κ2) is 8.43. The Morgan fingerprint density at radius 3 is 2.45 bits per heavy atom. The Balaban J connectivity index is 2.41. The minimum Gasteiger partial charge on any atom is -0.491 e. The lowest BCUT2D eigenvalue weighted by Crippen LogP contribution is -2.36. The largest absolute Gasteiger partial charge is 0.491 e. The van der Waals surface area contributed by atoms with Gasteiger partial charge in [0.1, 0.15) is 5.75 Å². The number of ether oxygens (including phenoxy) is 1. The first kappa shape index (κ1) is 16.3. The number of rotatable bonds is 7. The van der Waals surface area contributed by atoms with Gasteiger partial charge < -0.3 is 20.5 Å². The zero-order valence-electron chi connectivity index (χ0n) is 12.3. The summed E-state index contributed by atoms with van der Waals surface area (Å²) in [6.07, 6.45) is 1.57. The van der Waals surface area contributed by atoms with E-state index in [4.69, 9.17) is 9.84 Å². The molecular weight excluding hydrogens is 256 g/mol. The molecule has 1 unspecified atom stereocenters. The molecule has 1 aromatic rings. The van der Waals surface area contributed by atoms with Crippen molar-refractivity contribution in [2.24, 2.45) is 0 Å². The Labute approximate surface area is 120 Å². The lowest BCUT2D eigenvalue weighted by atomic mass is 10.2. The topological polar surface area (TPSA) is 70.6 Å². The summed E-state index contributed by atoms with van der Waals surface area (Å²) < 4.78 is 5.53. The van der Waals surface area contributed by atoms with E-state index in [0.29, 0.717) is 12.1 Å². The summed E-state index contributed by atoms with van der Waals surface area (Å²) in [4.78, 5) is 11.7. The first-order chi connectivity index (χ1) is 9.51. The highest BCUT2D eigenvalue weighted by Crippen LogP contribution is 2.16. The summed E-state index contributed by atoms with van der Waals surface area (Å²) in [6, 6.07) is 7.04. The van der Waals surface area contributed by atoms with E-state index in [1.807, 2.05) is 32.9 Å². The summed E-state index contributed by atoms with van der Waals surface area (Å²) in [5, 5.41) is 14.3. The number of amides is 2. The second-order valence-corrected chi connectivity index (χ2v) is 5.06. The van der Waals surface area contributed by atoms with Crippen LogP contribution < -0.4 is 15.4 Å². The fourth-order valence-electron chi connectivity index (χ4n) is 1.75. The number of urea groups is 1. The molecule has 5 heteroatoms. The third-order valence-corrected chi connectivity index (χ3v) is 2.66. The number of hydrogen-bond acceptors (Lipinski definition) is 3. The Morgan fingerprint density at radius 2 is 1.90 bits per heavy atom. The van der Waals surface area contributed by atoms with E-state index in [0.717, 1.165) is 12.2 Å². The SMILES string of the molecule is CC(CCCO)NC(=O)Nc1ccc(OC(C)C)cc1. The predicted molar refractivity (Wildman–Crippen MR) is 80.1 cm³/mol. The lowest BCUT2D eigenvalue weighted by Gasteiger charge is -2.14. The van der Waals surface area contributed by atoms with Crippen molar-refractivity contribution in [3.8, 4) is 5.75 Å². The molecule has 2 amide bonds. The number of aliphatic hydroxyl groups is 1. The first-order valence-electron chi connectivity index (χ1n) is 6.96. The standard InChI is InChI=1S/C15H24N2O3/c1-11(2)20-14-8-6-13(7-9-14)17-15(19)16-12(3)5-4-10-18/h6-9,11-12,18H,4-5,10H2,1-3H3,(H2,16,17,19). The molecule has 0 radical (unpaired) electrons. The summed E-state index contributed by atoms with van der Waals surface area (Å²) in [5.41, 5.74) is 0.716. The summed E-state index contributed by atoms with van der Waals surface area (Å²) in [6.45, 7) is 5.99. The van der Waals surface area contributed by atoms with Crippen molar-refractivity contribution in [2.45, 2.75) is 45.8 Å². The Kier molecular flexibility index (Phi) is 6.87. The highest BCUT2D eigenvalue weighted by atomic mass is 16.5. The second-order valence-electron chi connectivity index (χ2n) is 5.06. The third kappa shape index (κ3) is 6.43. The maximum atomic E-state index is 11.7. The van der Waals surface area contributed by atoms with Gasteiger partial charge in [0.2, 0.25) is 0 Å². The van der Waals surface area contributed by atoms with Crippen molar-refractivity contribution in [3.63, 3.8) is 0 Å². The average molecular weight is 280 g/mol. The number of carbonyl (C=O) groups is 1. The van der Waals surface area contributed by atoms with Crippen LogP contribution in [0.25, 0.3) is 0 Å². The van der Waals surface area contributed by atoms with Crippen molar-refractivity contribution >= 4 is 11.7 Å². The zero-order chi connectivity index (χ0) is 15.0. The lowest BCUT2D eigenvalue weighted by molar-refractivity contribution is 0.242. The van der Waals surface area contributed by atoms with E-state index in [9.17, 15) is 4.79 Å². The number of hydrogen-bond donors (Lipinski definition) is 3. The molecule has 0 saturated carbocycles. The minimum atomic E-state index is -0.243. The van der Waals surface area contributed by atoms with E-state index in [1.54, 1.807) is 12.1 Å². The van der Waals surface area contributed by atoms with Crippen LogP contribution in [-0.2, 0) is 0 Å². The number of nitrogens with one attached hydrogen (secondary N) is 2. The molecule has 0 bridgehead atoms. The quantitative estimate of drug-likeness (QED) is 0.719. The number of carbonyl (C=O) groups excluding carboxylic acids is 1. The first-order valence-corrected chi connectivity index (χ1v) is 6.96. The molecule has 0 aromatic heterocycles. The van der Waals surface area contributed by atoms with Gasteiger partial charge in [-0.05, 0) is 57.9 Å². The Bertz CT molecular complexity index is 404. The predicted octanol–water partition coefficient (Wildman–Crippen LogP) is 2.76. The van der Waals surface area contributed by atoms with Gasteiger partial charge in [0.15, 0.2) is 0 Å². The van der Waals surface area contributed by atoms with E-state index in [2.05, 4.69) is 10.6 Å². The Hall–Kier alpha value is -1.75. The Morgan fingerprint density at radius 1 is 1.25 bits per heavy atom. The van der Waals surface area contributed by atoms with Crippen molar-refractivity contribution in [1.82, 2.24) is 5.32 Å². The molecule has 0 heterocycles. The molecule has 0 aliphatic carbocycles. The molecule has 20 heavy (non-hydrogen) atoms. The van der Waals surface area contributed by atoms with Crippen LogP contribution in [0.5, 0.6) is 5.75 Å². The van der Waals surface area contributed by atoms with E-state index < -0.39 is 0 Å². The molecule has 0 aliphatic rings. The van der Waals surface area contributed by atoms with Crippen molar-refractivity contribution < 1.29 is 14.6 Å². The van der Waals surface area contributed by atoms with Gasteiger partial charge >= 0.3 is 6.03 Å². The van der Waals surface area contributed by atoms with Crippen LogP contribution in [0, 0.1) is 0 Å². The van der Waals surface area contributed by atoms with Crippen LogP contribution in [0.2, 0.25) is 0 Å². The normalized spacial score (nSPS) is 12.1. The summed E-state index contributed by atoms with van der Waals surface area (Å²) in [5.74, 6) is 0.780. The van der Waals surface area contributed by atoms with Gasteiger partial charge in [0.25, 0.3) is 0 Å². The van der Waals surface area contributed by atoms with Crippen LogP contribution in [-0.4, -0.2) is 29.9 Å². The number of aliphatic hydroxyl groups excluding tert-OH is 1. The fourth-order valence-corrected chi connectivity index (χ4v) is 1.75. The van der Waals surface area contributed by atoms with Crippen molar-refractivity contribution in [2.75, 3.05) is 11.9 Å². The van der Waals surface area contributed by atoms with Crippen LogP contribution in [0.1, 0.15) is 33.6 Å². The van der Waals surface area contributed by atoms with Gasteiger partial charge in [-0.1, -0.05) is 0 Å². The van der Waals surface area contributed by atoms with Gasteiger partial charge in [0.05, 0.1) is 6.10 Å². The van der Waals surface area contributed by atoms with E-state index in [1.165, 1.54) is 0 Å².